The van der Waals surface area contributed by atoms with Crippen molar-refractivity contribution in [1.29, 1.82) is 0 Å². The molecular formula is C17H17ClF2N2O3S. The van der Waals surface area contributed by atoms with Gasteiger partial charge in [0, 0.05) is 16.8 Å². The summed E-state index contributed by atoms with van der Waals surface area (Å²) in [5.41, 5.74) is 0.981. The van der Waals surface area contributed by atoms with Crippen molar-refractivity contribution in [2.45, 2.75) is 19.9 Å². The first-order valence-electron chi connectivity index (χ1n) is 7.52. The lowest BCUT2D eigenvalue weighted by atomic mass is 10.2. The Kier molecular flexibility index (Phi) is 5.87. The average Bonchev–Trinajstić information content (AvgIpc) is 2.53. The quantitative estimate of drug-likeness (QED) is 0.828. The van der Waals surface area contributed by atoms with E-state index in [4.69, 9.17) is 11.6 Å². The monoisotopic (exact) mass is 402 g/mol. The molecule has 0 bridgehead atoms. The molecule has 26 heavy (non-hydrogen) atoms. The van der Waals surface area contributed by atoms with E-state index >= 15 is 0 Å². The molecule has 1 N–H and O–H groups in total. The van der Waals surface area contributed by atoms with E-state index in [0.717, 1.165) is 28.3 Å². The van der Waals surface area contributed by atoms with Crippen molar-refractivity contribution in [2.75, 3.05) is 15.9 Å². The molecule has 0 aliphatic carbocycles. The highest BCUT2D eigenvalue weighted by Crippen LogP contribution is 2.27. The molecule has 0 radical (unpaired) electrons. The number of anilines is 2. The second kappa shape index (κ2) is 7.59. The van der Waals surface area contributed by atoms with Crippen molar-refractivity contribution in [2.24, 2.45) is 0 Å². The molecule has 0 unspecified atom stereocenters. The van der Waals surface area contributed by atoms with Crippen molar-refractivity contribution in [3.05, 3.63) is 58.6 Å². The van der Waals surface area contributed by atoms with Gasteiger partial charge in [0.2, 0.25) is 15.9 Å². The van der Waals surface area contributed by atoms with Crippen LogP contribution in [0.5, 0.6) is 0 Å². The van der Waals surface area contributed by atoms with Gasteiger partial charge in [0.25, 0.3) is 0 Å². The summed E-state index contributed by atoms with van der Waals surface area (Å²) in [6.07, 6.45) is 0.960. The molecule has 5 nitrogen and oxygen atoms in total. The van der Waals surface area contributed by atoms with Crippen LogP contribution in [0, 0.1) is 18.6 Å². The zero-order valence-corrected chi connectivity index (χ0v) is 15.8. The van der Waals surface area contributed by atoms with Crippen LogP contribution < -0.4 is 9.62 Å². The number of amides is 1. The highest BCUT2D eigenvalue weighted by Gasteiger charge is 2.29. The van der Waals surface area contributed by atoms with Gasteiger partial charge in [-0.25, -0.2) is 17.2 Å². The van der Waals surface area contributed by atoms with Gasteiger partial charge in [-0.2, -0.15) is 0 Å². The summed E-state index contributed by atoms with van der Waals surface area (Å²) in [5, 5.41) is 2.72. The van der Waals surface area contributed by atoms with Gasteiger partial charge in [0.05, 0.1) is 11.9 Å². The molecule has 0 saturated heterocycles. The van der Waals surface area contributed by atoms with E-state index in [1.807, 2.05) is 0 Å². The van der Waals surface area contributed by atoms with Crippen LogP contribution in [0.15, 0.2) is 36.4 Å². The Morgan fingerprint density at radius 1 is 1.15 bits per heavy atom. The predicted molar refractivity (Wildman–Crippen MR) is 98.0 cm³/mol. The number of sulfonamides is 1. The number of nitrogens with zero attached hydrogens (tertiary/aromatic N) is 1. The lowest BCUT2D eigenvalue weighted by Gasteiger charge is -2.28. The SMILES string of the molecule is Cc1ccc(N([C@@H](C)C(=O)Nc2ccc(F)c(F)c2)S(C)(=O)=O)cc1Cl. The number of hydrogen-bond donors (Lipinski definition) is 1. The standard InChI is InChI=1S/C17H17ClF2N2O3S/c1-10-4-6-13(9-14(10)18)22(26(3,24)25)11(2)17(23)21-12-5-7-15(19)16(20)8-12/h4-9,11H,1-3H3,(H,21,23)/t11-/m0/s1. The fourth-order valence-electron chi connectivity index (χ4n) is 2.35. The third-order valence-electron chi connectivity index (χ3n) is 3.69. The molecule has 2 aromatic carbocycles. The summed E-state index contributed by atoms with van der Waals surface area (Å²) < 4.78 is 51.6. The minimum absolute atomic E-state index is 0.0103. The normalized spacial score (nSPS) is 12.5. The van der Waals surface area contributed by atoms with Crippen molar-refractivity contribution in [1.82, 2.24) is 0 Å². The molecule has 2 rings (SSSR count). The van der Waals surface area contributed by atoms with Crippen LogP contribution >= 0.6 is 11.6 Å². The Hall–Kier alpha value is -2.19. The fourth-order valence-corrected chi connectivity index (χ4v) is 3.69. The van der Waals surface area contributed by atoms with E-state index in [2.05, 4.69) is 5.32 Å². The average molecular weight is 403 g/mol. The Bertz CT molecular complexity index is 951. The molecule has 0 heterocycles. The number of nitrogens with one attached hydrogen (secondary N) is 1. The van der Waals surface area contributed by atoms with Gasteiger partial charge in [-0.1, -0.05) is 17.7 Å². The maximum Gasteiger partial charge on any atom is 0.247 e. The smallest absolute Gasteiger partial charge is 0.247 e. The minimum Gasteiger partial charge on any atom is -0.324 e. The van der Waals surface area contributed by atoms with Gasteiger partial charge in [-0.05, 0) is 43.7 Å². The van der Waals surface area contributed by atoms with Gasteiger partial charge in [-0.15, -0.1) is 0 Å². The second-order valence-corrected chi connectivity index (χ2v) is 8.05. The fraction of sp³-hybridized carbons (Fsp3) is 0.235. The minimum atomic E-state index is -3.82. The van der Waals surface area contributed by atoms with Gasteiger partial charge < -0.3 is 5.32 Å². The molecular weight excluding hydrogens is 386 g/mol. The molecule has 140 valence electrons. The number of carbonyl (C=O) groups is 1. The van der Waals surface area contributed by atoms with Gasteiger partial charge in [0.1, 0.15) is 6.04 Å². The van der Waals surface area contributed by atoms with Crippen LogP contribution in [-0.4, -0.2) is 26.6 Å². The summed E-state index contributed by atoms with van der Waals surface area (Å²) in [6, 6.07) is 6.31. The van der Waals surface area contributed by atoms with Gasteiger partial charge in [-0.3, -0.25) is 9.10 Å². The third kappa shape index (κ3) is 4.50. The Balaban J connectivity index is 2.34. The lowest BCUT2D eigenvalue weighted by Crippen LogP contribution is -2.45. The van der Waals surface area contributed by atoms with E-state index in [-0.39, 0.29) is 11.4 Å². The first-order chi connectivity index (χ1) is 12.0. The molecule has 2 aromatic rings. The molecule has 0 aliphatic heterocycles. The molecule has 0 aromatic heterocycles. The molecule has 0 fully saturated rings. The Morgan fingerprint density at radius 2 is 1.81 bits per heavy atom. The number of rotatable bonds is 5. The van der Waals surface area contributed by atoms with Crippen molar-refractivity contribution in [3.8, 4) is 0 Å². The van der Waals surface area contributed by atoms with Crippen LogP contribution in [0.4, 0.5) is 20.2 Å². The van der Waals surface area contributed by atoms with Gasteiger partial charge >= 0.3 is 0 Å². The maximum absolute atomic E-state index is 13.3. The van der Waals surface area contributed by atoms with E-state index in [1.165, 1.54) is 25.1 Å². The Labute approximate surface area is 155 Å². The predicted octanol–water partition coefficient (Wildman–Crippen LogP) is 3.72. The Morgan fingerprint density at radius 3 is 2.35 bits per heavy atom. The number of carbonyl (C=O) groups excluding carboxylic acids is 1. The first-order valence-corrected chi connectivity index (χ1v) is 9.75. The summed E-state index contributed by atoms with van der Waals surface area (Å²) >= 11 is 6.06. The molecule has 0 saturated carbocycles. The number of hydrogen-bond acceptors (Lipinski definition) is 3. The molecule has 1 atom stereocenters. The largest absolute Gasteiger partial charge is 0.324 e. The number of benzene rings is 2. The van der Waals surface area contributed by atoms with Crippen LogP contribution in [-0.2, 0) is 14.8 Å². The zero-order chi connectivity index (χ0) is 19.6. The maximum atomic E-state index is 13.3. The van der Waals surface area contributed by atoms with Gasteiger partial charge in [0.15, 0.2) is 11.6 Å². The zero-order valence-electron chi connectivity index (χ0n) is 14.3. The van der Waals surface area contributed by atoms with Crippen molar-refractivity contribution >= 4 is 38.9 Å². The van der Waals surface area contributed by atoms with Crippen molar-refractivity contribution < 1.29 is 22.0 Å². The molecule has 0 spiro atoms. The second-order valence-electron chi connectivity index (χ2n) is 5.79. The van der Waals surface area contributed by atoms with E-state index < -0.39 is 33.6 Å². The lowest BCUT2D eigenvalue weighted by molar-refractivity contribution is -0.116. The van der Waals surface area contributed by atoms with Crippen LogP contribution in [0.3, 0.4) is 0 Å². The summed E-state index contributed by atoms with van der Waals surface area (Å²) in [5.74, 6) is -2.89. The first kappa shape index (κ1) is 20.1. The molecule has 9 heteroatoms. The van der Waals surface area contributed by atoms with E-state index in [0.29, 0.717) is 5.02 Å². The highest BCUT2D eigenvalue weighted by atomic mass is 35.5. The summed E-state index contributed by atoms with van der Waals surface area (Å²) in [6.45, 7) is 3.14. The summed E-state index contributed by atoms with van der Waals surface area (Å²) in [7, 11) is -3.82. The molecule has 0 aliphatic rings. The number of aryl methyl sites for hydroxylation is 1. The van der Waals surface area contributed by atoms with E-state index in [9.17, 15) is 22.0 Å². The van der Waals surface area contributed by atoms with Crippen LogP contribution in [0.2, 0.25) is 5.02 Å². The van der Waals surface area contributed by atoms with E-state index in [1.54, 1.807) is 13.0 Å². The van der Waals surface area contributed by atoms with Crippen molar-refractivity contribution in [3.63, 3.8) is 0 Å². The third-order valence-corrected chi connectivity index (χ3v) is 5.33. The molecule has 1 amide bonds. The number of halogens is 3. The summed E-state index contributed by atoms with van der Waals surface area (Å²) in [4.78, 5) is 12.5. The van der Waals surface area contributed by atoms with Crippen LogP contribution in [0.25, 0.3) is 0 Å². The topological polar surface area (TPSA) is 66.5 Å². The van der Waals surface area contributed by atoms with Crippen LogP contribution in [0.1, 0.15) is 12.5 Å². The highest BCUT2D eigenvalue weighted by molar-refractivity contribution is 7.92.